The van der Waals surface area contributed by atoms with E-state index in [2.05, 4.69) is 164 Å². The Hall–Kier alpha value is -7.84. The fourth-order valence-corrected chi connectivity index (χ4v) is 9.42. The molecule has 0 radical (unpaired) electrons. The third kappa shape index (κ3) is 10.8. The van der Waals surface area contributed by atoms with Crippen molar-refractivity contribution in [2.45, 2.75) is 67.2 Å². The van der Waals surface area contributed by atoms with Gasteiger partial charge in [-0.1, -0.05) is 182 Å². The van der Waals surface area contributed by atoms with Crippen LogP contribution in [0.1, 0.15) is 72.9 Å². The third-order valence-corrected chi connectivity index (χ3v) is 13.8. The molecule has 378 valence electrons. The Morgan fingerprint density at radius 1 is 0.461 bits per heavy atom. The smallest absolute Gasteiger partial charge is 0.491 e. The molecule has 0 aliphatic rings. The number of aryl methyl sites for hydroxylation is 4. The first-order chi connectivity index (χ1) is 36.1. The van der Waals surface area contributed by atoms with E-state index in [0.717, 1.165) is 113 Å². The average Bonchev–Trinajstić information content (AvgIpc) is 3.80. The molecule has 0 saturated heterocycles. The van der Waals surface area contributed by atoms with Crippen LogP contribution < -0.4 is 0 Å². The van der Waals surface area contributed by atoms with Crippen LogP contribution in [0.3, 0.4) is 0 Å². The van der Waals surface area contributed by atoms with E-state index in [-0.39, 0.29) is 54.5 Å². The van der Waals surface area contributed by atoms with Crippen molar-refractivity contribution < 1.29 is 42.1 Å². The minimum absolute atomic E-state index is 0. The summed E-state index contributed by atoms with van der Waals surface area (Å²) in [5, 5.41) is 2.12. The molecule has 11 aromatic rings. The van der Waals surface area contributed by atoms with Gasteiger partial charge in [0.25, 0.3) is 0 Å². The van der Waals surface area contributed by atoms with E-state index >= 15 is 0 Å². The number of furan rings is 1. The van der Waals surface area contributed by atoms with Gasteiger partial charge in [0, 0.05) is 52.4 Å². The molecule has 9 heteroatoms. The monoisotopic (exact) mass is 1180 g/mol. The van der Waals surface area contributed by atoms with Crippen molar-refractivity contribution in [3.63, 3.8) is 0 Å². The fraction of sp³-hybridized carbons (Fsp3) is 0.149. The number of hydrogen-bond donors (Lipinski definition) is 0. The Balaban J connectivity index is 0.000000185. The van der Waals surface area contributed by atoms with Crippen LogP contribution in [0.4, 0.5) is 17.6 Å². The maximum atomic E-state index is 14.9. The number of rotatable bonds is 9. The molecule has 11 rings (SSSR count). The normalized spacial score (nSPS) is 11.3. The molecule has 0 spiro atoms. The van der Waals surface area contributed by atoms with E-state index in [1.807, 2.05) is 36.7 Å². The fourth-order valence-electron chi connectivity index (χ4n) is 9.42. The third-order valence-electron chi connectivity index (χ3n) is 13.8. The molecule has 0 atom stereocenters. The van der Waals surface area contributed by atoms with Gasteiger partial charge in [-0.2, -0.15) is 0 Å². The Bertz CT molecular complexity index is 3850. The summed E-state index contributed by atoms with van der Waals surface area (Å²) in [7, 11) is 0. The van der Waals surface area contributed by atoms with Gasteiger partial charge in [0.2, 0.25) is 0 Å². The van der Waals surface area contributed by atoms with Crippen molar-refractivity contribution in [1.82, 2.24) is 15.0 Å². The van der Waals surface area contributed by atoms with E-state index in [4.69, 9.17) is 14.4 Å². The van der Waals surface area contributed by atoms with Gasteiger partial charge in [-0.25, -0.2) is 0 Å². The van der Waals surface area contributed by atoms with Crippen LogP contribution in [0.5, 0.6) is 0 Å². The zero-order valence-electron chi connectivity index (χ0n) is 43.3. The molecule has 0 aliphatic carbocycles. The van der Waals surface area contributed by atoms with Gasteiger partial charge < -0.3 is 9.40 Å². The first-order valence-electron chi connectivity index (χ1n) is 24.9. The van der Waals surface area contributed by atoms with Crippen LogP contribution in [0.2, 0.25) is 0 Å². The molecule has 4 aromatic heterocycles. The topological polar surface area (TPSA) is 51.8 Å². The van der Waals surface area contributed by atoms with Gasteiger partial charge in [0.05, 0.1) is 5.58 Å². The minimum Gasteiger partial charge on any atom is -0.491 e. The van der Waals surface area contributed by atoms with Crippen LogP contribution in [-0.2, 0) is 20.1 Å². The molecular formula is C67H52F4IrN3O. The van der Waals surface area contributed by atoms with E-state index in [0.29, 0.717) is 5.56 Å². The molecule has 0 fully saturated rings. The molecule has 4 heterocycles. The van der Waals surface area contributed by atoms with Crippen molar-refractivity contribution in [3.05, 3.63) is 233 Å². The number of benzene rings is 7. The Morgan fingerprint density at radius 2 is 0.974 bits per heavy atom. The second-order valence-electron chi connectivity index (χ2n) is 19.7. The van der Waals surface area contributed by atoms with Gasteiger partial charge in [0.15, 0.2) is 0 Å². The molecule has 0 unspecified atom stereocenters. The van der Waals surface area contributed by atoms with E-state index in [1.54, 1.807) is 12.1 Å². The van der Waals surface area contributed by atoms with Crippen molar-refractivity contribution in [1.29, 1.82) is 0 Å². The average molecular weight is 1180 g/mol. The number of pyridine rings is 3. The first-order valence-corrected chi connectivity index (χ1v) is 24.9. The van der Waals surface area contributed by atoms with Crippen LogP contribution >= 0.6 is 0 Å². The predicted molar refractivity (Wildman–Crippen MR) is 295 cm³/mol. The quantitative estimate of drug-likeness (QED) is 0.107. The van der Waals surface area contributed by atoms with Crippen LogP contribution in [0, 0.1) is 69.2 Å². The van der Waals surface area contributed by atoms with Crippen LogP contribution in [0.15, 0.2) is 162 Å². The second kappa shape index (κ2) is 22.2. The predicted octanol–water partition coefficient (Wildman–Crippen LogP) is 18.6. The molecule has 7 aromatic carbocycles. The summed E-state index contributed by atoms with van der Waals surface area (Å²) >= 11 is 0. The number of nitrogens with zero attached hydrogens (tertiary/aromatic N) is 3. The van der Waals surface area contributed by atoms with Crippen LogP contribution in [-0.4, -0.2) is 15.0 Å². The molecule has 0 amide bonds. The van der Waals surface area contributed by atoms with E-state index in [9.17, 15) is 17.6 Å². The first kappa shape index (κ1) is 53.0. The molecule has 4 nitrogen and oxygen atoms in total. The van der Waals surface area contributed by atoms with Gasteiger partial charge in [0.1, 0.15) is 5.58 Å². The number of aromatic nitrogens is 3. The van der Waals surface area contributed by atoms with Crippen molar-refractivity contribution in [2.75, 3.05) is 0 Å². The van der Waals surface area contributed by atoms with Gasteiger partial charge in [-0.05, 0) is 118 Å². The maximum Gasteiger partial charge on any atom is 3.00 e. The second-order valence-corrected chi connectivity index (χ2v) is 19.7. The largest absolute Gasteiger partial charge is 3.00 e. The maximum absolute atomic E-state index is 14.9. The number of halogens is 4. The van der Waals surface area contributed by atoms with E-state index < -0.39 is 23.3 Å². The molecule has 0 N–H and O–H groups in total. The van der Waals surface area contributed by atoms with Crippen molar-refractivity contribution in [2.24, 2.45) is 0 Å². The summed E-state index contributed by atoms with van der Waals surface area (Å²) in [5.41, 5.74) is 18.3. The molecule has 76 heavy (non-hydrogen) atoms. The summed E-state index contributed by atoms with van der Waals surface area (Å²) in [6.45, 7) is 16.8. The van der Waals surface area contributed by atoms with E-state index in [1.165, 1.54) is 16.7 Å². The Kier molecular flexibility index (Phi) is 15.5. The zero-order chi connectivity index (χ0) is 52.7. The van der Waals surface area contributed by atoms with Gasteiger partial charge in [-0.3, -0.25) is 27.5 Å². The van der Waals surface area contributed by atoms with Gasteiger partial charge >= 0.3 is 20.1 Å². The standard InChI is InChI=1S/C35H27F4N.C32H25N2O.Ir/c1-20(2)29-14-23(22-8-6-5-7-9-22)15-30(21(3)4)35(29)24-16-33(27-12-10-25(36)18-31(27)38)40-34(17-24)28-13-11-26(37)19-32(28)39;1-19-12-29(33-17-21(19)3)25-14-27-26-11-10-24(23-8-6-5-7-9-23)16-31(26)35-32(27)28(15-25)30-13-20(2)22(4)18-34-30;/h5-11,14-21H,1-4H3;5-14,16-18H,1-4H3;/q-2;-1;+3. The summed E-state index contributed by atoms with van der Waals surface area (Å²) in [6.07, 6.45) is 3.84. The summed E-state index contributed by atoms with van der Waals surface area (Å²) < 4.78 is 63.9. The molecular weight excluding hydrogens is 1130 g/mol. The molecule has 0 saturated carbocycles. The van der Waals surface area contributed by atoms with Crippen molar-refractivity contribution in [3.8, 4) is 78.4 Å². The summed E-state index contributed by atoms with van der Waals surface area (Å²) in [5.74, 6) is -3.00. The molecule has 0 bridgehead atoms. The number of hydrogen-bond acceptors (Lipinski definition) is 4. The zero-order valence-corrected chi connectivity index (χ0v) is 45.7. The SMILES string of the molecule is CC(C)c1cc(-c2ccccc2)cc(C(C)C)c1-c1cc(-c2[c-]cc(F)cc2F)nc(-c2[c-]cc(F)cc2F)c1.Cc1cnc(-c2[c-]c(-c3cc(C)c(C)cn3)c3oc4cc(-c5ccccc5)ccc4c3c2)cc1C.[Ir+3]. The Morgan fingerprint density at radius 3 is 1.49 bits per heavy atom. The minimum atomic E-state index is -0.841. The van der Waals surface area contributed by atoms with Crippen LogP contribution in [0.25, 0.3) is 100 Å². The Labute approximate surface area is 455 Å². The summed E-state index contributed by atoms with van der Waals surface area (Å²) in [4.78, 5) is 14.0. The molecule has 0 aliphatic heterocycles. The van der Waals surface area contributed by atoms with Gasteiger partial charge in [-0.15, -0.1) is 36.4 Å². The summed E-state index contributed by atoms with van der Waals surface area (Å²) in [6, 6.07) is 53.5. The number of fused-ring (bicyclic) bond motifs is 3. The van der Waals surface area contributed by atoms with Crippen molar-refractivity contribution >= 4 is 21.9 Å².